The first-order valence-corrected chi connectivity index (χ1v) is 7.47. The molecule has 0 aliphatic heterocycles. The lowest BCUT2D eigenvalue weighted by Gasteiger charge is -2.12. The third-order valence-corrected chi connectivity index (χ3v) is 3.88. The van der Waals surface area contributed by atoms with Crippen molar-refractivity contribution in [1.29, 1.82) is 0 Å². The molecule has 0 bridgehead atoms. The van der Waals surface area contributed by atoms with E-state index in [4.69, 9.17) is 39.5 Å². The molecule has 0 saturated heterocycles. The van der Waals surface area contributed by atoms with Gasteiger partial charge in [-0.2, -0.15) is 0 Å². The molecule has 21 heavy (non-hydrogen) atoms. The molecule has 110 valence electrons. The second kappa shape index (κ2) is 7.17. The second-order valence-corrected chi connectivity index (χ2v) is 5.73. The van der Waals surface area contributed by atoms with E-state index in [-0.39, 0.29) is 6.04 Å². The number of aliphatic imine (C=N–C) groups is 1. The molecule has 2 nitrogen and oxygen atoms in total. The van der Waals surface area contributed by atoms with E-state index in [9.17, 15) is 0 Å². The van der Waals surface area contributed by atoms with E-state index in [0.717, 1.165) is 16.9 Å². The molecule has 0 aliphatic carbocycles. The lowest BCUT2D eigenvalue weighted by atomic mass is 10.1. The quantitative estimate of drug-likeness (QED) is 0.640. The van der Waals surface area contributed by atoms with Crippen LogP contribution in [-0.2, 0) is 0 Å². The van der Waals surface area contributed by atoms with Gasteiger partial charge in [0, 0.05) is 32.4 Å². The average molecular weight is 343 g/mol. The molecule has 0 saturated carbocycles. The summed E-state index contributed by atoms with van der Waals surface area (Å²) < 4.78 is 5.29. The molecule has 1 atom stereocenters. The van der Waals surface area contributed by atoms with Gasteiger partial charge in [0.05, 0.1) is 13.2 Å². The normalized spacial score (nSPS) is 12.6. The molecule has 0 N–H and O–H groups in total. The largest absolute Gasteiger partial charge is 0.496 e. The number of methoxy groups -OCH3 is 1. The maximum atomic E-state index is 6.20. The highest BCUT2D eigenvalue weighted by Crippen LogP contribution is 2.35. The van der Waals surface area contributed by atoms with Gasteiger partial charge < -0.3 is 4.74 Å². The summed E-state index contributed by atoms with van der Waals surface area (Å²) in [7, 11) is 1.63. The first-order valence-electron chi connectivity index (χ1n) is 6.33. The van der Waals surface area contributed by atoms with Crippen LogP contribution in [0.1, 0.15) is 24.1 Å². The minimum Gasteiger partial charge on any atom is -0.496 e. The zero-order valence-electron chi connectivity index (χ0n) is 11.6. The number of hydrogen-bond donors (Lipinski definition) is 0. The van der Waals surface area contributed by atoms with Crippen molar-refractivity contribution in [2.24, 2.45) is 4.99 Å². The summed E-state index contributed by atoms with van der Waals surface area (Å²) in [5.41, 5.74) is 1.65. The molecule has 0 fully saturated rings. The first kappa shape index (κ1) is 16.2. The van der Waals surface area contributed by atoms with Crippen molar-refractivity contribution in [3.8, 4) is 5.75 Å². The van der Waals surface area contributed by atoms with Crippen LogP contribution in [-0.4, -0.2) is 13.3 Å². The molecule has 2 rings (SSSR count). The standard InChI is InChI=1S/C16H14Cl3NO/c1-10(16-13(18)7-12(17)8-14(16)19)20-9-11-5-3-4-6-15(11)21-2/h3-10H,1-2H3. The first-order chi connectivity index (χ1) is 10.0. The molecular formula is C16H14Cl3NO. The minimum absolute atomic E-state index is 0.188. The fraction of sp³-hybridized carbons (Fsp3) is 0.188. The summed E-state index contributed by atoms with van der Waals surface area (Å²) in [5, 5.41) is 1.53. The van der Waals surface area contributed by atoms with Crippen LogP contribution in [0.2, 0.25) is 15.1 Å². The molecule has 2 aromatic rings. The van der Waals surface area contributed by atoms with Gasteiger partial charge in [-0.05, 0) is 31.2 Å². The van der Waals surface area contributed by atoms with E-state index in [1.807, 2.05) is 31.2 Å². The molecule has 1 unspecified atom stereocenters. The van der Waals surface area contributed by atoms with Crippen LogP contribution in [0.15, 0.2) is 41.4 Å². The van der Waals surface area contributed by atoms with Gasteiger partial charge in [-0.1, -0.05) is 46.9 Å². The van der Waals surface area contributed by atoms with E-state index in [2.05, 4.69) is 4.99 Å². The van der Waals surface area contributed by atoms with Crippen molar-refractivity contribution in [2.45, 2.75) is 13.0 Å². The smallest absolute Gasteiger partial charge is 0.127 e. The second-order valence-electron chi connectivity index (χ2n) is 4.48. The van der Waals surface area contributed by atoms with E-state index in [0.29, 0.717) is 15.1 Å². The Morgan fingerprint density at radius 3 is 2.33 bits per heavy atom. The number of hydrogen-bond acceptors (Lipinski definition) is 2. The van der Waals surface area contributed by atoms with Gasteiger partial charge in [0.25, 0.3) is 0 Å². The van der Waals surface area contributed by atoms with E-state index < -0.39 is 0 Å². The number of benzene rings is 2. The zero-order chi connectivity index (χ0) is 15.4. The maximum absolute atomic E-state index is 6.20. The van der Waals surface area contributed by atoms with Crippen molar-refractivity contribution in [3.63, 3.8) is 0 Å². The molecular weight excluding hydrogens is 329 g/mol. The highest BCUT2D eigenvalue weighted by atomic mass is 35.5. The third-order valence-electron chi connectivity index (χ3n) is 3.04. The third kappa shape index (κ3) is 3.91. The Balaban J connectivity index is 2.30. The van der Waals surface area contributed by atoms with Gasteiger partial charge in [0.1, 0.15) is 5.75 Å². The SMILES string of the molecule is COc1ccccc1C=NC(C)c1c(Cl)cc(Cl)cc1Cl. The van der Waals surface area contributed by atoms with Crippen molar-refractivity contribution in [1.82, 2.24) is 0 Å². The Labute approximate surface area is 139 Å². The van der Waals surface area contributed by atoms with Gasteiger partial charge in [0.2, 0.25) is 0 Å². The summed E-state index contributed by atoms with van der Waals surface area (Å²) in [5.74, 6) is 0.766. The minimum atomic E-state index is -0.188. The van der Waals surface area contributed by atoms with Crippen LogP contribution in [0, 0.1) is 0 Å². The number of ether oxygens (including phenoxy) is 1. The maximum Gasteiger partial charge on any atom is 0.127 e. The summed E-state index contributed by atoms with van der Waals surface area (Å²) in [4.78, 5) is 4.51. The highest BCUT2D eigenvalue weighted by molar-refractivity contribution is 6.39. The molecule has 0 aliphatic rings. The predicted molar refractivity (Wildman–Crippen MR) is 90.5 cm³/mol. The van der Waals surface area contributed by atoms with Crippen molar-refractivity contribution in [3.05, 3.63) is 62.6 Å². The van der Waals surface area contributed by atoms with Crippen molar-refractivity contribution in [2.75, 3.05) is 7.11 Å². The number of halogens is 3. The van der Waals surface area contributed by atoms with E-state index in [1.165, 1.54) is 0 Å². The fourth-order valence-corrected chi connectivity index (χ4v) is 3.12. The Bertz CT molecular complexity index is 647. The van der Waals surface area contributed by atoms with Crippen LogP contribution in [0.3, 0.4) is 0 Å². The van der Waals surface area contributed by atoms with Crippen LogP contribution in [0.4, 0.5) is 0 Å². The van der Waals surface area contributed by atoms with Crippen LogP contribution in [0.25, 0.3) is 0 Å². The van der Waals surface area contributed by atoms with Gasteiger partial charge in [0.15, 0.2) is 0 Å². The Kier molecular flexibility index (Phi) is 5.51. The monoisotopic (exact) mass is 341 g/mol. The fourth-order valence-electron chi connectivity index (χ4n) is 1.99. The average Bonchev–Trinajstić information content (AvgIpc) is 2.44. The summed E-state index contributed by atoms with van der Waals surface area (Å²) in [6.07, 6.45) is 1.75. The van der Waals surface area contributed by atoms with Gasteiger partial charge in [-0.3, -0.25) is 4.99 Å². The molecule has 0 radical (unpaired) electrons. The number of para-hydroxylation sites is 1. The molecule has 0 aromatic heterocycles. The predicted octanol–water partition coefficient (Wildman–Crippen LogP) is 5.84. The summed E-state index contributed by atoms with van der Waals surface area (Å²) in [6.45, 7) is 1.92. The van der Waals surface area contributed by atoms with Crippen molar-refractivity contribution >= 4 is 41.0 Å². The van der Waals surface area contributed by atoms with Gasteiger partial charge >= 0.3 is 0 Å². The van der Waals surface area contributed by atoms with Crippen LogP contribution >= 0.6 is 34.8 Å². The Morgan fingerprint density at radius 1 is 1.10 bits per heavy atom. The van der Waals surface area contributed by atoms with Crippen LogP contribution in [0.5, 0.6) is 5.75 Å². The molecule has 0 heterocycles. The highest BCUT2D eigenvalue weighted by Gasteiger charge is 2.13. The Hall–Kier alpha value is -1.22. The zero-order valence-corrected chi connectivity index (χ0v) is 13.9. The van der Waals surface area contributed by atoms with Crippen LogP contribution < -0.4 is 4.74 Å². The Morgan fingerprint density at radius 2 is 1.71 bits per heavy atom. The lowest BCUT2D eigenvalue weighted by Crippen LogP contribution is -1.96. The lowest BCUT2D eigenvalue weighted by molar-refractivity contribution is 0.414. The summed E-state index contributed by atoms with van der Waals surface area (Å²) in [6, 6.07) is 10.8. The molecule has 2 aromatic carbocycles. The molecule has 0 spiro atoms. The number of rotatable bonds is 4. The van der Waals surface area contributed by atoms with E-state index >= 15 is 0 Å². The number of nitrogens with zero attached hydrogens (tertiary/aromatic N) is 1. The summed E-state index contributed by atoms with van der Waals surface area (Å²) >= 11 is 18.3. The topological polar surface area (TPSA) is 21.6 Å². The van der Waals surface area contributed by atoms with Gasteiger partial charge in [-0.15, -0.1) is 0 Å². The van der Waals surface area contributed by atoms with Crippen molar-refractivity contribution < 1.29 is 4.74 Å². The van der Waals surface area contributed by atoms with E-state index in [1.54, 1.807) is 25.5 Å². The molecule has 0 amide bonds. The van der Waals surface area contributed by atoms with Gasteiger partial charge in [-0.25, -0.2) is 0 Å². The molecule has 5 heteroatoms.